The maximum absolute atomic E-state index is 3.91. The Morgan fingerprint density at radius 1 is 0.654 bits per heavy atom. The minimum atomic E-state index is -0.395. The highest BCUT2D eigenvalue weighted by Gasteiger charge is 2.40. The summed E-state index contributed by atoms with van der Waals surface area (Å²) in [6.07, 6.45) is 0. The summed E-state index contributed by atoms with van der Waals surface area (Å²) < 4.78 is 1.12. The fraction of sp³-hybridized carbons (Fsp3) is 0.217. The van der Waals surface area contributed by atoms with Crippen LogP contribution in [0.1, 0.15) is 16.7 Å². The summed E-state index contributed by atoms with van der Waals surface area (Å²) in [5, 5.41) is 0. The molecule has 0 atom stereocenters. The molecule has 0 aliphatic heterocycles. The predicted molar refractivity (Wildman–Crippen MR) is 115 cm³/mol. The normalized spacial score (nSPS) is 11.6. The molecule has 3 aromatic rings. The number of anilines is 1. The number of hydrogen-bond donors (Lipinski definition) is 0. The number of benzene rings is 3. The van der Waals surface area contributed by atoms with E-state index in [4.69, 9.17) is 0 Å². The predicted octanol–water partition coefficient (Wildman–Crippen LogP) is 5.37. The van der Waals surface area contributed by atoms with Gasteiger partial charge in [0.2, 0.25) is 0 Å². The van der Waals surface area contributed by atoms with Crippen LogP contribution < -0.4 is 4.90 Å². The summed E-state index contributed by atoms with van der Waals surface area (Å²) in [5.41, 5.74) is 4.49. The zero-order valence-electron chi connectivity index (χ0n) is 15.8. The summed E-state index contributed by atoms with van der Waals surface area (Å²) in [4.78, 5) is 4.45. The quantitative estimate of drug-likeness (QED) is 0.523. The molecule has 0 aliphatic rings. The van der Waals surface area contributed by atoms with Crippen LogP contribution in [0, 0.1) is 0 Å². The van der Waals surface area contributed by atoms with Gasteiger partial charge < -0.3 is 4.90 Å². The first-order valence-corrected chi connectivity index (χ1v) is 9.53. The van der Waals surface area contributed by atoms with E-state index in [1.54, 1.807) is 0 Å². The van der Waals surface area contributed by atoms with E-state index in [2.05, 4.69) is 133 Å². The van der Waals surface area contributed by atoms with Crippen LogP contribution in [0.3, 0.4) is 0 Å². The third-order valence-electron chi connectivity index (χ3n) is 4.90. The van der Waals surface area contributed by atoms with Crippen LogP contribution in [0.5, 0.6) is 0 Å². The van der Waals surface area contributed by atoms with Crippen LogP contribution in [0.15, 0.2) is 83.3 Å². The van der Waals surface area contributed by atoms with Crippen LogP contribution in [-0.2, 0) is 5.54 Å². The van der Waals surface area contributed by atoms with Crippen LogP contribution in [0.4, 0.5) is 5.69 Å². The zero-order chi connectivity index (χ0) is 18.7. The van der Waals surface area contributed by atoms with Gasteiger partial charge in [0.25, 0.3) is 0 Å². The second kappa shape index (κ2) is 7.65. The second-order valence-electron chi connectivity index (χ2n) is 6.87. The van der Waals surface area contributed by atoms with Crippen molar-refractivity contribution in [2.45, 2.75) is 5.54 Å². The lowest BCUT2D eigenvalue weighted by molar-refractivity contribution is 0.246. The Balaban J connectivity index is 2.41. The molecule has 0 unspecified atom stereocenters. The fourth-order valence-electron chi connectivity index (χ4n) is 3.74. The minimum Gasteiger partial charge on any atom is -0.377 e. The molecule has 0 fully saturated rings. The van der Waals surface area contributed by atoms with Gasteiger partial charge in [-0.1, -0.05) is 72.8 Å². The molecule has 0 saturated heterocycles. The van der Waals surface area contributed by atoms with Gasteiger partial charge in [-0.3, -0.25) is 4.90 Å². The number of halogens is 1. The lowest BCUT2D eigenvalue weighted by Gasteiger charge is -2.42. The molecule has 3 aromatic carbocycles. The van der Waals surface area contributed by atoms with Gasteiger partial charge in [-0.05, 0) is 52.8 Å². The van der Waals surface area contributed by atoms with E-state index in [-0.39, 0.29) is 0 Å². The Morgan fingerprint density at radius 2 is 1.15 bits per heavy atom. The van der Waals surface area contributed by atoms with Crippen molar-refractivity contribution in [2.24, 2.45) is 0 Å². The second-order valence-corrected chi connectivity index (χ2v) is 7.66. The molecule has 0 saturated carbocycles. The Bertz CT molecular complexity index is 818. The molecule has 0 heterocycles. The van der Waals surface area contributed by atoms with Crippen molar-refractivity contribution in [3.8, 4) is 0 Å². The largest absolute Gasteiger partial charge is 0.377 e. The first-order valence-electron chi connectivity index (χ1n) is 8.74. The van der Waals surface area contributed by atoms with Gasteiger partial charge >= 0.3 is 0 Å². The van der Waals surface area contributed by atoms with Gasteiger partial charge in [-0.15, -0.1) is 0 Å². The molecule has 3 rings (SSSR count). The van der Waals surface area contributed by atoms with Crippen molar-refractivity contribution >= 4 is 21.6 Å². The van der Waals surface area contributed by atoms with Crippen molar-refractivity contribution < 1.29 is 0 Å². The molecular formula is C23H25BrN2. The number of nitrogens with zero attached hydrogens (tertiary/aromatic N) is 2. The zero-order valence-corrected chi connectivity index (χ0v) is 17.4. The fourth-order valence-corrected chi connectivity index (χ4v) is 4.64. The molecule has 134 valence electrons. The molecule has 0 aliphatic carbocycles. The first-order chi connectivity index (χ1) is 12.5. The lowest BCUT2D eigenvalue weighted by atomic mass is 9.76. The van der Waals surface area contributed by atoms with Gasteiger partial charge in [0, 0.05) is 18.6 Å². The highest BCUT2D eigenvalue weighted by atomic mass is 79.9. The Labute approximate surface area is 165 Å². The lowest BCUT2D eigenvalue weighted by Crippen LogP contribution is -2.44. The topological polar surface area (TPSA) is 6.48 Å². The van der Waals surface area contributed by atoms with Crippen molar-refractivity contribution in [3.05, 3.63) is 100 Å². The molecule has 0 aromatic heterocycles. The molecule has 0 N–H and O–H groups in total. The van der Waals surface area contributed by atoms with Crippen molar-refractivity contribution in [3.63, 3.8) is 0 Å². The van der Waals surface area contributed by atoms with Gasteiger partial charge in [-0.25, -0.2) is 0 Å². The average molecular weight is 409 g/mol. The van der Waals surface area contributed by atoms with Crippen LogP contribution >= 0.6 is 15.9 Å². The van der Waals surface area contributed by atoms with E-state index in [1.165, 1.54) is 22.4 Å². The van der Waals surface area contributed by atoms with Crippen molar-refractivity contribution in [2.75, 3.05) is 33.1 Å². The van der Waals surface area contributed by atoms with Gasteiger partial charge in [0.05, 0.1) is 11.2 Å². The van der Waals surface area contributed by atoms with E-state index in [0.29, 0.717) is 0 Å². The van der Waals surface area contributed by atoms with E-state index in [0.717, 1.165) is 4.47 Å². The molecule has 0 spiro atoms. The number of rotatable bonds is 5. The van der Waals surface area contributed by atoms with E-state index in [9.17, 15) is 0 Å². The maximum atomic E-state index is 3.91. The molecule has 2 nitrogen and oxygen atoms in total. The SMILES string of the molecule is CN(C)c1cccc(C(c2ccccc2)(c2ccccc2)N(C)C)c1Br. The van der Waals surface area contributed by atoms with Gasteiger partial charge in [0.1, 0.15) is 0 Å². The highest BCUT2D eigenvalue weighted by Crippen LogP contribution is 2.45. The monoisotopic (exact) mass is 408 g/mol. The molecule has 3 heteroatoms. The smallest absolute Gasteiger partial charge is 0.0979 e. The van der Waals surface area contributed by atoms with Crippen molar-refractivity contribution in [1.29, 1.82) is 0 Å². The highest BCUT2D eigenvalue weighted by molar-refractivity contribution is 9.10. The Morgan fingerprint density at radius 3 is 1.58 bits per heavy atom. The summed E-state index contributed by atoms with van der Waals surface area (Å²) in [6.45, 7) is 0. The van der Waals surface area contributed by atoms with E-state index >= 15 is 0 Å². The first kappa shape index (κ1) is 18.7. The van der Waals surface area contributed by atoms with E-state index < -0.39 is 5.54 Å². The third-order valence-corrected chi connectivity index (χ3v) is 5.74. The van der Waals surface area contributed by atoms with Gasteiger partial charge in [0.15, 0.2) is 0 Å². The van der Waals surface area contributed by atoms with Crippen LogP contribution in [0.25, 0.3) is 0 Å². The Hall–Kier alpha value is -2.10. The molecule has 0 amide bonds. The summed E-state index contributed by atoms with van der Waals surface area (Å²) in [7, 11) is 8.45. The van der Waals surface area contributed by atoms with Crippen LogP contribution in [-0.4, -0.2) is 33.1 Å². The Kier molecular flexibility index (Phi) is 5.49. The summed E-state index contributed by atoms with van der Waals surface area (Å²) in [5.74, 6) is 0. The standard InChI is InChI=1S/C23H25BrN2/c1-25(2)21-17-11-16-20(22(21)24)23(26(3)4,18-12-7-5-8-13-18)19-14-9-6-10-15-19/h5-17H,1-4H3. The average Bonchev–Trinajstić information content (AvgIpc) is 2.65. The van der Waals surface area contributed by atoms with Crippen LogP contribution in [0.2, 0.25) is 0 Å². The van der Waals surface area contributed by atoms with E-state index in [1.807, 2.05) is 0 Å². The van der Waals surface area contributed by atoms with Crippen molar-refractivity contribution in [1.82, 2.24) is 4.90 Å². The molecule has 0 radical (unpaired) electrons. The minimum absolute atomic E-state index is 0.395. The number of hydrogen-bond acceptors (Lipinski definition) is 2. The summed E-state index contributed by atoms with van der Waals surface area (Å²) >= 11 is 3.91. The summed E-state index contributed by atoms with van der Waals surface area (Å²) in [6, 6.07) is 27.9. The van der Waals surface area contributed by atoms with Gasteiger partial charge in [-0.2, -0.15) is 0 Å². The molecule has 26 heavy (non-hydrogen) atoms. The molecular weight excluding hydrogens is 384 g/mol. The molecule has 0 bridgehead atoms. The third kappa shape index (κ3) is 3.06. The maximum Gasteiger partial charge on any atom is 0.0979 e.